The summed E-state index contributed by atoms with van der Waals surface area (Å²) >= 11 is 6.32. The minimum absolute atomic E-state index is 0.273. The number of halogens is 2. The van der Waals surface area contributed by atoms with Crippen molar-refractivity contribution in [1.29, 1.82) is 0 Å². The molecule has 6 heteroatoms. The van der Waals surface area contributed by atoms with E-state index in [2.05, 4.69) is 43.7 Å². The van der Waals surface area contributed by atoms with Gasteiger partial charge in [-0.25, -0.2) is 9.37 Å². The summed E-state index contributed by atoms with van der Waals surface area (Å²) < 4.78 is 16.2. The van der Waals surface area contributed by atoms with Crippen LogP contribution in [-0.4, -0.2) is 32.5 Å². The maximum atomic E-state index is 14.1. The summed E-state index contributed by atoms with van der Waals surface area (Å²) in [7, 11) is 0. The number of fused-ring (bicyclic) bond motifs is 1. The lowest BCUT2D eigenvalue weighted by molar-refractivity contribution is 0.331. The van der Waals surface area contributed by atoms with Crippen LogP contribution in [0.15, 0.2) is 97.7 Å². The topological polar surface area (TPSA) is 34.0 Å². The molecule has 0 bridgehead atoms. The number of aromatic nitrogens is 3. The summed E-state index contributed by atoms with van der Waals surface area (Å²) in [5, 5.41) is 1.61. The van der Waals surface area contributed by atoms with E-state index in [1.54, 1.807) is 6.20 Å². The van der Waals surface area contributed by atoms with Crippen LogP contribution in [0.3, 0.4) is 0 Å². The Morgan fingerprint density at radius 3 is 2.28 bits per heavy atom. The van der Waals surface area contributed by atoms with Crippen LogP contribution in [-0.2, 0) is 12.1 Å². The van der Waals surface area contributed by atoms with E-state index in [-0.39, 0.29) is 5.82 Å². The number of hydrogen-bond acceptors (Lipinski definition) is 3. The highest BCUT2D eigenvalue weighted by molar-refractivity contribution is 6.31. The lowest BCUT2D eigenvalue weighted by atomic mass is 9.75. The van der Waals surface area contributed by atoms with Crippen LogP contribution in [0.4, 0.5) is 4.39 Å². The van der Waals surface area contributed by atoms with Gasteiger partial charge in [0.2, 0.25) is 0 Å². The molecule has 0 saturated carbocycles. The number of pyridine rings is 1. The summed E-state index contributed by atoms with van der Waals surface area (Å²) in [6.07, 6.45) is 9.91. The summed E-state index contributed by atoms with van der Waals surface area (Å²) in [5.74, 6) is -0.273. The third-order valence-corrected chi connectivity index (χ3v) is 7.46. The van der Waals surface area contributed by atoms with Gasteiger partial charge in [-0.05, 0) is 78.5 Å². The van der Waals surface area contributed by atoms with E-state index in [0.29, 0.717) is 5.02 Å². The average Bonchev–Trinajstić information content (AvgIpc) is 3.62. The molecule has 2 aromatic heterocycles. The van der Waals surface area contributed by atoms with Gasteiger partial charge in [0.1, 0.15) is 11.4 Å². The van der Waals surface area contributed by atoms with Crippen LogP contribution < -0.4 is 0 Å². The van der Waals surface area contributed by atoms with E-state index in [1.807, 2.05) is 55.1 Å². The molecule has 6 rings (SSSR count). The molecule has 1 aliphatic rings. The van der Waals surface area contributed by atoms with E-state index in [4.69, 9.17) is 11.6 Å². The van der Waals surface area contributed by atoms with E-state index < -0.39 is 5.54 Å². The minimum Gasteiger partial charge on any atom is -0.319 e. The fraction of sp³-hybridized carbons (Fsp3) is 0.200. The van der Waals surface area contributed by atoms with Crippen molar-refractivity contribution >= 4 is 22.5 Å². The Balaban J connectivity index is 1.61. The highest BCUT2D eigenvalue weighted by atomic mass is 35.5. The number of benzene rings is 3. The van der Waals surface area contributed by atoms with Gasteiger partial charge in [0.05, 0.1) is 11.8 Å². The van der Waals surface area contributed by atoms with E-state index in [1.165, 1.54) is 30.5 Å². The van der Waals surface area contributed by atoms with Crippen LogP contribution in [0.25, 0.3) is 10.9 Å². The molecule has 4 nitrogen and oxygen atoms in total. The van der Waals surface area contributed by atoms with Crippen molar-refractivity contribution in [3.8, 4) is 0 Å². The highest BCUT2D eigenvalue weighted by Gasteiger charge is 2.39. The molecule has 36 heavy (non-hydrogen) atoms. The summed E-state index contributed by atoms with van der Waals surface area (Å²) in [4.78, 5) is 11.5. The zero-order valence-corrected chi connectivity index (χ0v) is 20.6. The summed E-state index contributed by atoms with van der Waals surface area (Å²) in [5.41, 5.74) is 4.28. The predicted octanol–water partition coefficient (Wildman–Crippen LogP) is 6.66. The second-order valence-electron chi connectivity index (χ2n) is 9.39. The second kappa shape index (κ2) is 9.49. The molecule has 0 radical (unpaired) electrons. The zero-order valence-electron chi connectivity index (χ0n) is 19.8. The number of likely N-dealkylation sites (tertiary alicyclic amines) is 1. The monoisotopic (exact) mass is 496 g/mol. The highest BCUT2D eigenvalue weighted by Crippen LogP contribution is 2.43. The fourth-order valence-corrected chi connectivity index (χ4v) is 5.72. The quantitative estimate of drug-likeness (QED) is 0.263. The maximum Gasteiger partial charge on any atom is 0.123 e. The molecule has 3 aromatic carbocycles. The number of nitrogens with zero attached hydrogens (tertiary/aromatic N) is 4. The van der Waals surface area contributed by atoms with Crippen LogP contribution >= 0.6 is 11.6 Å². The summed E-state index contributed by atoms with van der Waals surface area (Å²) in [6, 6.07) is 23.4. The van der Waals surface area contributed by atoms with E-state index >= 15 is 0 Å². The van der Waals surface area contributed by atoms with Crippen molar-refractivity contribution in [2.75, 3.05) is 13.1 Å². The van der Waals surface area contributed by atoms with Gasteiger partial charge < -0.3 is 4.57 Å². The number of imidazole rings is 1. The van der Waals surface area contributed by atoms with Crippen LogP contribution in [0.2, 0.25) is 5.02 Å². The third kappa shape index (κ3) is 3.98. The molecular formula is C30H26ClFN4. The molecule has 0 spiro atoms. The zero-order chi connectivity index (χ0) is 24.5. The minimum atomic E-state index is -0.800. The first-order chi connectivity index (χ1) is 17.6. The standard InChI is InChI=1S/C30H26ClFN4/c31-25-9-12-27-28(13-14-34-29(27)19-25)30(36-18-15-33-21-36,24-7-10-26(32)11-8-24)23-5-3-22(4-6-23)20-35-16-1-2-17-35/h3-15,18-19,21H,1-2,16-17,20H2. The molecule has 1 saturated heterocycles. The van der Waals surface area contributed by atoms with Gasteiger partial charge in [0, 0.05) is 35.5 Å². The van der Waals surface area contributed by atoms with E-state index in [9.17, 15) is 4.39 Å². The molecule has 1 aliphatic heterocycles. The lowest BCUT2D eigenvalue weighted by Crippen LogP contribution is -2.37. The SMILES string of the molecule is Fc1ccc(C(c2ccc(CN3CCCC3)cc2)(c2ccnc3cc(Cl)ccc23)n2ccnc2)cc1. The molecule has 5 aromatic rings. The molecule has 0 aliphatic carbocycles. The van der Waals surface area contributed by atoms with Crippen molar-refractivity contribution in [2.24, 2.45) is 0 Å². The molecule has 0 N–H and O–H groups in total. The summed E-state index contributed by atoms with van der Waals surface area (Å²) in [6.45, 7) is 3.26. The van der Waals surface area contributed by atoms with Crippen molar-refractivity contribution in [3.63, 3.8) is 0 Å². The lowest BCUT2D eigenvalue weighted by Gasteiger charge is -2.38. The molecule has 3 heterocycles. The Labute approximate surface area is 215 Å². The van der Waals surface area contributed by atoms with Gasteiger partial charge >= 0.3 is 0 Å². The van der Waals surface area contributed by atoms with Gasteiger partial charge in [-0.3, -0.25) is 9.88 Å². The first-order valence-corrected chi connectivity index (χ1v) is 12.6. The third-order valence-electron chi connectivity index (χ3n) is 7.22. The Bertz CT molecular complexity index is 1480. The van der Waals surface area contributed by atoms with Crippen LogP contribution in [0.5, 0.6) is 0 Å². The first kappa shape index (κ1) is 22.9. The largest absolute Gasteiger partial charge is 0.319 e. The van der Waals surface area contributed by atoms with Crippen molar-refractivity contribution in [2.45, 2.75) is 24.9 Å². The molecule has 180 valence electrons. The van der Waals surface area contributed by atoms with Gasteiger partial charge in [-0.15, -0.1) is 0 Å². The maximum absolute atomic E-state index is 14.1. The van der Waals surface area contributed by atoms with E-state index in [0.717, 1.165) is 47.2 Å². The molecular weight excluding hydrogens is 471 g/mol. The number of hydrogen-bond donors (Lipinski definition) is 0. The Kier molecular flexibility index (Phi) is 6.04. The van der Waals surface area contributed by atoms with Crippen molar-refractivity contribution in [1.82, 2.24) is 19.4 Å². The van der Waals surface area contributed by atoms with Gasteiger partial charge in [0.25, 0.3) is 0 Å². The van der Waals surface area contributed by atoms with Crippen LogP contribution in [0, 0.1) is 5.82 Å². The molecule has 1 atom stereocenters. The smallest absolute Gasteiger partial charge is 0.123 e. The number of rotatable bonds is 6. The Morgan fingerprint density at radius 2 is 1.58 bits per heavy atom. The normalized spacial score (nSPS) is 15.8. The second-order valence-corrected chi connectivity index (χ2v) is 9.82. The van der Waals surface area contributed by atoms with Gasteiger partial charge in [-0.2, -0.15) is 0 Å². The molecule has 1 unspecified atom stereocenters. The fourth-order valence-electron chi connectivity index (χ4n) is 5.55. The van der Waals surface area contributed by atoms with Crippen LogP contribution in [0.1, 0.15) is 35.1 Å². The first-order valence-electron chi connectivity index (χ1n) is 12.3. The molecule has 1 fully saturated rings. The Morgan fingerprint density at radius 1 is 0.861 bits per heavy atom. The Hall–Kier alpha value is -3.54. The van der Waals surface area contributed by atoms with Gasteiger partial charge in [0.15, 0.2) is 0 Å². The average molecular weight is 497 g/mol. The predicted molar refractivity (Wildman–Crippen MR) is 142 cm³/mol. The van der Waals surface area contributed by atoms with Crippen molar-refractivity contribution < 1.29 is 4.39 Å². The van der Waals surface area contributed by atoms with Crippen molar-refractivity contribution in [3.05, 3.63) is 131 Å². The van der Waals surface area contributed by atoms with Gasteiger partial charge in [-0.1, -0.05) is 54.1 Å². The molecule has 0 amide bonds.